The maximum atomic E-state index is 13.6. The van der Waals surface area contributed by atoms with Crippen molar-refractivity contribution in [3.05, 3.63) is 23.6 Å². The van der Waals surface area contributed by atoms with Crippen LogP contribution in [0.2, 0.25) is 0 Å². The first kappa shape index (κ1) is 12.9. The van der Waals surface area contributed by atoms with E-state index in [4.69, 9.17) is 10.5 Å². The summed E-state index contributed by atoms with van der Waals surface area (Å²) in [6.45, 7) is 6.94. The third-order valence-electron chi connectivity index (χ3n) is 2.25. The number of aromatic nitrogens is 1. The fourth-order valence-corrected chi connectivity index (χ4v) is 1.17. The van der Waals surface area contributed by atoms with E-state index in [1.807, 2.05) is 0 Å². The van der Waals surface area contributed by atoms with E-state index in [1.165, 1.54) is 6.20 Å². The number of ether oxygens (including phenoxy) is 1. The molecule has 90 valence electrons. The van der Waals surface area contributed by atoms with Gasteiger partial charge >= 0.3 is 0 Å². The van der Waals surface area contributed by atoms with E-state index in [0.29, 0.717) is 12.2 Å². The van der Waals surface area contributed by atoms with Crippen molar-refractivity contribution in [1.29, 1.82) is 0 Å². The first-order valence-corrected chi connectivity index (χ1v) is 5.40. The van der Waals surface area contributed by atoms with Crippen LogP contribution in [0.25, 0.3) is 0 Å². The van der Waals surface area contributed by atoms with Crippen LogP contribution in [0.1, 0.15) is 32.8 Å². The van der Waals surface area contributed by atoms with Gasteiger partial charge in [0, 0.05) is 18.3 Å². The predicted molar refractivity (Wildman–Crippen MR) is 61.7 cm³/mol. The lowest BCUT2D eigenvalue weighted by Crippen LogP contribution is -2.12. The average Bonchev–Trinajstić information content (AvgIpc) is 2.19. The van der Waals surface area contributed by atoms with E-state index < -0.39 is 5.82 Å². The molecule has 2 N–H and O–H groups in total. The van der Waals surface area contributed by atoms with Crippen LogP contribution in [0.5, 0.6) is 5.88 Å². The summed E-state index contributed by atoms with van der Waals surface area (Å²) < 4.78 is 18.9. The third-order valence-corrected chi connectivity index (χ3v) is 2.25. The largest absolute Gasteiger partial charge is 0.476 e. The Morgan fingerprint density at radius 1 is 1.44 bits per heavy atom. The number of hydrogen-bond donors (Lipinski definition) is 1. The lowest BCUT2D eigenvalue weighted by atomic mass is 9.93. The van der Waals surface area contributed by atoms with Gasteiger partial charge in [-0.1, -0.05) is 20.8 Å². The minimum Gasteiger partial charge on any atom is -0.476 e. The summed E-state index contributed by atoms with van der Waals surface area (Å²) in [5.41, 5.74) is 5.99. The molecular weight excluding hydrogens is 207 g/mol. The van der Waals surface area contributed by atoms with Gasteiger partial charge in [-0.2, -0.15) is 0 Å². The molecule has 0 aromatic carbocycles. The first-order chi connectivity index (χ1) is 7.44. The standard InChI is InChI=1S/C12H19FN2O/c1-12(2,3)5-7-16-11-10(13)9(8-14)4-6-15-11/h4,6H,5,7-8,14H2,1-3H3. The van der Waals surface area contributed by atoms with Crippen molar-refractivity contribution >= 4 is 0 Å². The minimum absolute atomic E-state index is 0.0483. The lowest BCUT2D eigenvalue weighted by molar-refractivity contribution is 0.227. The van der Waals surface area contributed by atoms with Gasteiger partial charge in [0.05, 0.1) is 6.61 Å². The topological polar surface area (TPSA) is 48.1 Å². The maximum Gasteiger partial charge on any atom is 0.250 e. The molecule has 0 saturated carbocycles. The summed E-state index contributed by atoms with van der Waals surface area (Å²) in [6, 6.07) is 1.56. The van der Waals surface area contributed by atoms with Crippen molar-refractivity contribution in [3.8, 4) is 5.88 Å². The zero-order chi connectivity index (χ0) is 12.2. The van der Waals surface area contributed by atoms with E-state index in [1.54, 1.807) is 6.07 Å². The van der Waals surface area contributed by atoms with Crippen molar-refractivity contribution in [2.75, 3.05) is 6.61 Å². The zero-order valence-corrected chi connectivity index (χ0v) is 10.1. The highest BCUT2D eigenvalue weighted by molar-refractivity contribution is 5.23. The molecule has 1 aromatic rings. The van der Waals surface area contributed by atoms with E-state index in [2.05, 4.69) is 25.8 Å². The number of rotatable bonds is 4. The molecule has 4 heteroatoms. The molecule has 0 radical (unpaired) electrons. The molecule has 0 aliphatic heterocycles. The lowest BCUT2D eigenvalue weighted by Gasteiger charge is -2.18. The molecule has 0 aliphatic rings. The highest BCUT2D eigenvalue weighted by Crippen LogP contribution is 2.21. The van der Waals surface area contributed by atoms with Gasteiger partial charge in [0.2, 0.25) is 0 Å². The second-order valence-electron chi connectivity index (χ2n) is 4.95. The van der Waals surface area contributed by atoms with E-state index in [0.717, 1.165) is 6.42 Å². The Morgan fingerprint density at radius 2 is 2.12 bits per heavy atom. The van der Waals surface area contributed by atoms with Gasteiger partial charge < -0.3 is 10.5 Å². The molecule has 0 unspecified atom stereocenters. The smallest absolute Gasteiger partial charge is 0.250 e. The Hall–Kier alpha value is -1.16. The summed E-state index contributed by atoms with van der Waals surface area (Å²) in [4.78, 5) is 3.85. The van der Waals surface area contributed by atoms with Crippen LogP contribution in [-0.2, 0) is 6.54 Å². The number of halogens is 1. The Bertz CT molecular complexity index is 347. The molecule has 0 amide bonds. The van der Waals surface area contributed by atoms with Gasteiger partial charge in [-0.25, -0.2) is 9.37 Å². The quantitative estimate of drug-likeness (QED) is 0.858. The summed E-state index contributed by atoms with van der Waals surface area (Å²) >= 11 is 0. The van der Waals surface area contributed by atoms with Crippen molar-refractivity contribution < 1.29 is 9.13 Å². The van der Waals surface area contributed by atoms with Gasteiger partial charge in [0.1, 0.15) is 0 Å². The Balaban J connectivity index is 2.61. The second kappa shape index (κ2) is 5.25. The number of pyridine rings is 1. The average molecular weight is 226 g/mol. The number of nitrogens with zero attached hydrogens (tertiary/aromatic N) is 1. The van der Waals surface area contributed by atoms with Crippen molar-refractivity contribution in [1.82, 2.24) is 4.98 Å². The van der Waals surface area contributed by atoms with Crippen molar-refractivity contribution in [2.24, 2.45) is 11.1 Å². The number of nitrogens with two attached hydrogens (primary N) is 1. The van der Waals surface area contributed by atoms with Gasteiger partial charge in [0.15, 0.2) is 5.82 Å². The van der Waals surface area contributed by atoms with Gasteiger partial charge in [-0.3, -0.25) is 0 Å². The summed E-state index contributed by atoms with van der Waals surface area (Å²) in [6.07, 6.45) is 2.36. The van der Waals surface area contributed by atoms with Crippen LogP contribution < -0.4 is 10.5 Å². The van der Waals surface area contributed by atoms with Crippen LogP contribution in [-0.4, -0.2) is 11.6 Å². The summed E-state index contributed by atoms with van der Waals surface area (Å²) in [5, 5.41) is 0. The van der Waals surface area contributed by atoms with Crippen molar-refractivity contribution in [3.63, 3.8) is 0 Å². The molecule has 0 fully saturated rings. The first-order valence-electron chi connectivity index (χ1n) is 5.40. The van der Waals surface area contributed by atoms with Crippen molar-refractivity contribution in [2.45, 2.75) is 33.7 Å². The fourth-order valence-electron chi connectivity index (χ4n) is 1.17. The van der Waals surface area contributed by atoms with Gasteiger partial charge in [-0.05, 0) is 17.9 Å². The number of hydrogen-bond acceptors (Lipinski definition) is 3. The molecule has 3 nitrogen and oxygen atoms in total. The molecule has 0 atom stereocenters. The molecule has 1 aromatic heterocycles. The molecule has 1 rings (SSSR count). The highest BCUT2D eigenvalue weighted by atomic mass is 19.1. The van der Waals surface area contributed by atoms with E-state index in [-0.39, 0.29) is 17.8 Å². The van der Waals surface area contributed by atoms with E-state index in [9.17, 15) is 4.39 Å². The summed E-state index contributed by atoms with van der Waals surface area (Å²) in [7, 11) is 0. The molecule has 1 heterocycles. The van der Waals surface area contributed by atoms with Crippen LogP contribution in [0.15, 0.2) is 12.3 Å². The van der Waals surface area contributed by atoms with E-state index >= 15 is 0 Å². The van der Waals surface area contributed by atoms with Gasteiger partial charge in [0.25, 0.3) is 5.88 Å². The summed E-state index contributed by atoms with van der Waals surface area (Å²) in [5.74, 6) is -0.397. The maximum absolute atomic E-state index is 13.6. The second-order valence-corrected chi connectivity index (χ2v) is 4.95. The normalized spacial score (nSPS) is 11.6. The molecule has 0 spiro atoms. The predicted octanol–water partition coefficient (Wildman–Crippen LogP) is 2.49. The highest BCUT2D eigenvalue weighted by Gasteiger charge is 2.13. The van der Waals surface area contributed by atoms with Crippen LogP contribution in [0.3, 0.4) is 0 Å². The van der Waals surface area contributed by atoms with Crippen LogP contribution >= 0.6 is 0 Å². The molecule has 0 aliphatic carbocycles. The SMILES string of the molecule is CC(C)(C)CCOc1nccc(CN)c1F. The monoisotopic (exact) mass is 226 g/mol. The molecular formula is C12H19FN2O. The fraction of sp³-hybridized carbons (Fsp3) is 0.583. The Morgan fingerprint density at radius 3 is 2.69 bits per heavy atom. The molecule has 0 bridgehead atoms. The molecule has 0 saturated heterocycles. The van der Waals surface area contributed by atoms with Crippen LogP contribution in [0, 0.1) is 11.2 Å². The molecule has 16 heavy (non-hydrogen) atoms. The Kier molecular flexibility index (Phi) is 4.24. The zero-order valence-electron chi connectivity index (χ0n) is 10.1. The third kappa shape index (κ3) is 3.77. The van der Waals surface area contributed by atoms with Gasteiger partial charge in [-0.15, -0.1) is 0 Å². The minimum atomic E-state index is -0.445. The van der Waals surface area contributed by atoms with Crippen LogP contribution in [0.4, 0.5) is 4.39 Å². The Labute approximate surface area is 95.8 Å².